The van der Waals surface area contributed by atoms with Gasteiger partial charge in [0.2, 0.25) is 5.91 Å². The van der Waals surface area contributed by atoms with Crippen molar-refractivity contribution < 1.29 is 14.3 Å². The van der Waals surface area contributed by atoms with Crippen molar-refractivity contribution in [2.45, 2.75) is 26.2 Å². The van der Waals surface area contributed by atoms with Gasteiger partial charge in [0.1, 0.15) is 17.3 Å². The number of thiocarbonyl (C=S) groups is 1. The number of ether oxygens (including phenoxy) is 1. The number of pyridine rings is 1. The maximum Gasteiger partial charge on any atom is 0.274 e. The molecule has 8 heteroatoms. The van der Waals surface area contributed by atoms with Crippen LogP contribution in [0.1, 0.15) is 31.7 Å². The molecule has 150 valence electrons. The molecule has 4 rings (SSSR count). The number of fused-ring (bicyclic) bond motifs is 1. The molecule has 2 fully saturated rings. The molecule has 2 amide bonds. The van der Waals surface area contributed by atoms with E-state index in [9.17, 15) is 9.59 Å². The minimum Gasteiger partial charge on any atom is -0.497 e. The van der Waals surface area contributed by atoms with E-state index in [0.717, 1.165) is 54.0 Å². The van der Waals surface area contributed by atoms with E-state index in [2.05, 4.69) is 10.2 Å². The van der Waals surface area contributed by atoms with E-state index < -0.39 is 0 Å². The SMILES string of the molecule is COc1ccc2nc(N3CCCCC3)c(C=C3C(=O)NC(=S)N3C(C)=O)cc2c1. The van der Waals surface area contributed by atoms with Crippen molar-refractivity contribution in [3.63, 3.8) is 0 Å². The molecule has 0 bridgehead atoms. The number of rotatable bonds is 3. The van der Waals surface area contributed by atoms with E-state index in [4.69, 9.17) is 21.9 Å². The first-order valence-corrected chi connectivity index (χ1v) is 10.00. The number of piperidine rings is 1. The monoisotopic (exact) mass is 410 g/mol. The van der Waals surface area contributed by atoms with Crippen molar-refractivity contribution in [2.75, 3.05) is 25.1 Å². The minimum absolute atomic E-state index is 0.101. The van der Waals surface area contributed by atoms with E-state index >= 15 is 0 Å². The quantitative estimate of drug-likeness (QED) is 0.620. The Kier molecular flexibility index (Phi) is 5.19. The van der Waals surface area contributed by atoms with Gasteiger partial charge in [0.05, 0.1) is 12.6 Å². The van der Waals surface area contributed by atoms with Gasteiger partial charge in [-0.15, -0.1) is 0 Å². The van der Waals surface area contributed by atoms with Gasteiger partial charge < -0.3 is 9.64 Å². The average molecular weight is 410 g/mol. The van der Waals surface area contributed by atoms with Crippen LogP contribution < -0.4 is 15.0 Å². The highest BCUT2D eigenvalue weighted by Gasteiger charge is 2.33. The molecule has 0 unspecified atom stereocenters. The second kappa shape index (κ2) is 7.79. The molecule has 2 aliphatic rings. The van der Waals surface area contributed by atoms with E-state index in [1.54, 1.807) is 13.2 Å². The van der Waals surface area contributed by atoms with Crippen molar-refractivity contribution in [2.24, 2.45) is 0 Å². The molecular formula is C21H22N4O3S. The third-order valence-corrected chi connectivity index (χ3v) is 5.47. The Labute approximate surface area is 174 Å². The predicted molar refractivity (Wildman–Crippen MR) is 116 cm³/mol. The van der Waals surface area contributed by atoms with E-state index in [1.165, 1.54) is 18.2 Å². The Morgan fingerprint density at radius 3 is 2.69 bits per heavy atom. The summed E-state index contributed by atoms with van der Waals surface area (Å²) in [5, 5.41) is 3.54. The summed E-state index contributed by atoms with van der Waals surface area (Å²) >= 11 is 5.14. The number of aromatic nitrogens is 1. The molecule has 2 aliphatic heterocycles. The molecule has 1 N–H and O–H groups in total. The summed E-state index contributed by atoms with van der Waals surface area (Å²) in [6, 6.07) is 7.70. The zero-order valence-corrected chi connectivity index (χ0v) is 17.2. The minimum atomic E-state index is -0.388. The van der Waals surface area contributed by atoms with Gasteiger partial charge in [-0.2, -0.15) is 0 Å². The third kappa shape index (κ3) is 3.67. The smallest absolute Gasteiger partial charge is 0.274 e. The van der Waals surface area contributed by atoms with E-state index in [-0.39, 0.29) is 22.6 Å². The molecule has 2 saturated heterocycles. The van der Waals surface area contributed by atoms with Gasteiger partial charge in [0, 0.05) is 31.0 Å². The number of carbonyl (C=O) groups is 2. The van der Waals surface area contributed by atoms with E-state index in [1.807, 2.05) is 24.3 Å². The molecule has 7 nitrogen and oxygen atoms in total. The van der Waals surface area contributed by atoms with Crippen LogP contribution in [0.15, 0.2) is 30.0 Å². The number of amides is 2. The zero-order chi connectivity index (χ0) is 20.5. The van der Waals surface area contributed by atoms with Crippen LogP contribution in [0.5, 0.6) is 5.75 Å². The number of anilines is 1. The van der Waals surface area contributed by atoms with Crippen molar-refractivity contribution in [3.05, 3.63) is 35.5 Å². The van der Waals surface area contributed by atoms with Crippen molar-refractivity contribution in [3.8, 4) is 5.75 Å². The lowest BCUT2D eigenvalue weighted by molar-refractivity contribution is -0.125. The summed E-state index contributed by atoms with van der Waals surface area (Å²) in [5.41, 5.74) is 1.84. The summed E-state index contributed by atoms with van der Waals surface area (Å²) in [5.74, 6) is 0.841. The first-order valence-electron chi connectivity index (χ1n) is 9.59. The molecule has 2 aromatic rings. The Morgan fingerprint density at radius 2 is 2.00 bits per heavy atom. The van der Waals surface area contributed by atoms with Crippen LogP contribution in [0.25, 0.3) is 17.0 Å². The van der Waals surface area contributed by atoms with Gasteiger partial charge in [-0.1, -0.05) is 0 Å². The lowest BCUT2D eigenvalue weighted by atomic mass is 10.1. The second-order valence-electron chi connectivity index (χ2n) is 7.15. The number of benzene rings is 1. The fraction of sp³-hybridized carbons (Fsp3) is 0.333. The first-order chi connectivity index (χ1) is 14.0. The topological polar surface area (TPSA) is 74.8 Å². The summed E-state index contributed by atoms with van der Waals surface area (Å²) in [6.45, 7) is 3.20. The Hall–Kier alpha value is -3.00. The highest BCUT2D eigenvalue weighted by Crippen LogP contribution is 2.31. The lowest BCUT2D eigenvalue weighted by Gasteiger charge is -2.29. The van der Waals surface area contributed by atoms with Crippen LogP contribution >= 0.6 is 12.2 Å². The summed E-state index contributed by atoms with van der Waals surface area (Å²) in [4.78, 5) is 32.8. The summed E-state index contributed by atoms with van der Waals surface area (Å²) in [7, 11) is 1.62. The molecule has 0 aliphatic carbocycles. The summed E-state index contributed by atoms with van der Waals surface area (Å²) < 4.78 is 5.33. The number of hydrogen-bond acceptors (Lipinski definition) is 6. The molecule has 0 radical (unpaired) electrons. The average Bonchev–Trinajstić information content (AvgIpc) is 3.00. The maximum atomic E-state index is 12.4. The molecule has 3 heterocycles. The fourth-order valence-corrected chi connectivity index (χ4v) is 4.09. The van der Waals surface area contributed by atoms with Crippen molar-refractivity contribution in [1.29, 1.82) is 0 Å². The van der Waals surface area contributed by atoms with Gasteiger partial charge in [-0.3, -0.25) is 19.8 Å². The van der Waals surface area contributed by atoms with Crippen LogP contribution in [0.2, 0.25) is 0 Å². The molecular weight excluding hydrogens is 388 g/mol. The molecule has 1 aromatic carbocycles. The van der Waals surface area contributed by atoms with Crippen LogP contribution in [-0.4, -0.2) is 47.0 Å². The van der Waals surface area contributed by atoms with Crippen molar-refractivity contribution >= 4 is 51.9 Å². The van der Waals surface area contributed by atoms with Gasteiger partial charge in [0.25, 0.3) is 5.91 Å². The predicted octanol–water partition coefficient (Wildman–Crippen LogP) is 2.84. The normalized spacial score (nSPS) is 18.5. The number of nitrogens with zero attached hydrogens (tertiary/aromatic N) is 3. The Bertz CT molecular complexity index is 1040. The third-order valence-electron chi connectivity index (χ3n) is 5.19. The fourth-order valence-electron chi connectivity index (χ4n) is 3.77. The van der Waals surface area contributed by atoms with Crippen LogP contribution in [0, 0.1) is 0 Å². The highest BCUT2D eigenvalue weighted by atomic mass is 32.1. The Balaban J connectivity index is 1.89. The lowest BCUT2D eigenvalue weighted by Crippen LogP contribution is -2.31. The molecule has 29 heavy (non-hydrogen) atoms. The van der Waals surface area contributed by atoms with Gasteiger partial charge in [0.15, 0.2) is 5.11 Å². The Morgan fingerprint density at radius 1 is 1.24 bits per heavy atom. The van der Waals surface area contributed by atoms with Crippen molar-refractivity contribution in [1.82, 2.24) is 15.2 Å². The van der Waals surface area contributed by atoms with Gasteiger partial charge in [-0.05, 0) is 61.8 Å². The molecule has 0 saturated carbocycles. The van der Waals surface area contributed by atoms with Crippen LogP contribution in [-0.2, 0) is 9.59 Å². The van der Waals surface area contributed by atoms with Crippen LogP contribution in [0.4, 0.5) is 5.82 Å². The zero-order valence-electron chi connectivity index (χ0n) is 16.4. The number of carbonyl (C=O) groups excluding carboxylic acids is 2. The van der Waals surface area contributed by atoms with E-state index in [0.29, 0.717) is 0 Å². The molecule has 0 spiro atoms. The molecule has 0 atom stereocenters. The maximum absolute atomic E-state index is 12.4. The molecule has 1 aromatic heterocycles. The number of hydrogen-bond donors (Lipinski definition) is 1. The standard InChI is InChI=1S/C21H22N4O3S/c1-13(26)25-18(20(27)23-21(25)29)12-15-10-14-11-16(28-2)6-7-17(14)22-19(15)24-8-4-3-5-9-24/h6-7,10-12H,3-5,8-9H2,1-2H3,(H,23,27,29). The number of nitrogens with one attached hydrogen (secondary N) is 1. The highest BCUT2D eigenvalue weighted by molar-refractivity contribution is 7.80. The van der Waals surface area contributed by atoms with Gasteiger partial charge >= 0.3 is 0 Å². The summed E-state index contributed by atoms with van der Waals surface area (Å²) in [6.07, 6.45) is 5.10. The van der Waals surface area contributed by atoms with Crippen LogP contribution in [0.3, 0.4) is 0 Å². The largest absolute Gasteiger partial charge is 0.497 e. The second-order valence-corrected chi connectivity index (χ2v) is 7.54. The van der Waals surface area contributed by atoms with Gasteiger partial charge in [-0.25, -0.2) is 4.98 Å². The number of methoxy groups -OCH3 is 1. The first kappa shape index (κ1) is 19.3.